The fraction of sp³-hybridized carbons (Fsp3) is 0.0769. The Morgan fingerprint density at radius 1 is 1.06 bits per heavy atom. The summed E-state index contributed by atoms with van der Waals surface area (Å²) in [4.78, 5) is 0. The van der Waals surface area contributed by atoms with Gasteiger partial charge in [-0.25, -0.2) is 13.2 Å². The number of rotatable bonds is 3. The maximum Gasteiger partial charge on any atom is 0.149 e. The highest BCUT2D eigenvalue weighted by Gasteiger charge is 2.07. The van der Waals surface area contributed by atoms with Crippen LogP contribution in [0.2, 0.25) is 5.02 Å². The first kappa shape index (κ1) is 12.8. The Balaban J connectivity index is 2.14. The second kappa shape index (κ2) is 5.31. The fourth-order valence-corrected chi connectivity index (χ4v) is 1.70. The summed E-state index contributed by atoms with van der Waals surface area (Å²) in [6.45, 7) is 0.0644. The SMILES string of the molecule is Fc1ccc(NCc2cccc(Cl)c2F)c(F)c1. The van der Waals surface area contributed by atoms with Gasteiger partial charge in [-0.1, -0.05) is 23.7 Å². The molecule has 0 amide bonds. The van der Waals surface area contributed by atoms with E-state index in [0.29, 0.717) is 5.56 Å². The summed E-state index contributed by atoms with van der Waals surface area (Å²) in [5, 5.41) is 2.69. The van der Waals surface area contributed by atoms with E-state index in [9.17, 15) is 13.2 Å². The molecule has 0 bridgehead atoms. The first-order chi connectivity index (χ1) is 8.58. The molecule has 94 valence electrons. The lowest BCUT2D eigenvalue weighted by molar-refractivity contribution is 0.584. The Morgan fingerprint density at radius 2 is 1.83 bits per heavy atom. The molecule has 2 aromatic rings. The first-order valence-electron chi connectivity index (χ1n) is 5.20. The van der Waals surface area contributed by atoms with Crippen molar-refractivity contribution in [1.29, 1.82) is 0 Å². The Bertz CT molecular complexity index is 572. The Morgan fingerprint density at radius 3 is 2.56 bits per heavy atom. The molecule has 0 fully saturated rings. The van der Waals surface area contributed by atoms with E-state index in [2.05, 4.69) is 5.32 Å². The van der Waals surface area contributed by atoms with Gasteiger partial charge in [0.1, 0.15) is 17.5 Å². The lowest BCUT2D eigenvalue weighted by atomic mass is 10.2. The Labute approximate surface area is 107 Å². The summed E-state index contributed by atoms with van der Waals surface area (Å²) in [5.74, 6) is -1.93. The van der Waals surface area contributed by atoms with E-state index in [-0.39, 0.29) is 17.3 Å². The summed E-state index contributed by atoms with van der Waals surface area (Å²) < 4.78 is 39.5. The van der Waals surface area contributed by atoms with Gasteiger partial charge < -0.3 is 5.32 Å². The second-order valence-corrected chi connectivity index (χ2v) is 4.10. The molecule has 0 aliphatic carbocycles. The standard InChI is InChI=1S/C13H9ClF3N/c14-10-3-1-2-8(13(10)17)7-18-12-5-4-9(15)6-11(12)16/h1-6,18H,7H2. The predicted octanol–water partition coefficient (Wildman–Crippen LogP) is 4.37. The second-order valence-electron chi connectivity index (χ2n) is 3.69. The molecule has 5 heteroatoms. The van der Waals surface area contributed by atoms with Gasteiger partial charge in [0.2, 0.25) is 0 Å². The van der Waals surface area contributed by atoms with Gasteiger partial charge in [0.05, 0.1) is 10.7 Å². The van der Waals surface area contributed by atoms with E-state index in [1.807, 2.05) is 0 Å². The van der Waals surface area contributed by atoms with E-state index in [4.69, 9.17) is 11.6 Å². The van der Waals surface area contributed by atoms with Crippen LogP contribution in [0.3, 0.4) is 0 Å². The molecule has 0 spiro atoms. The van der Waals surface area contributed by atoms with Crippen LogP contribution in [-0.2, 0) is 6.54 Å². The van der Waals surface area contributed by atoms with E-state index >= 15 is 0 Å². The number of halogens is 4. The van der Waals surface area contributed by atoms with Gasteiger partial charge in [-0.3, -0.25) is 0 Å². The van der Waals surface area contributed by atoms with Gasteiger partial charge in [-0.2, -0.15) is 0 Å². The van der Waals surface area contributed by atoms with E-state index in [1.165, 1.54) is 18.2 Å². The van der Waals surface area contributed by atoms with Crippen molar-refractivity contribution in [3.8, 4) is 0 Å². The van der Waals surface area contributed by atoms with Crippen molar-refractivity contribution < 1.29 is 13.2 Å². The van der Waals surface area contributed by atoms with E-state index in [1.54, 1.807) is 6.07 Å². The maximum atomic E-state index is 13.5. The van der Waals surface area contributed by atoms with Crippen LogP contribution in [0.4, 0.5) is 18.9 Å². The first-order valence-corrected chi connectivity index (χ1v) is 5.57. The zero-order chi connectivity index (χ0) is 13.1. The predicted molar refractivity (Wildman–Crippen MR) is 65.1 cm³/mol. The van der Waals surface area contributed by atoms with Crippen molar-refractivity contribution in [3.05, 3.63) is 64.4 Å². The van der Waals surface area contributed by atoms with Crippen molar-refractivity contribution in [2.75, 3.05) is 5.32 Å². The average molecular weight is 272 g/mol. The monoisotopic (exact) mass is 271 g/mol. The van der Waals surface area contributed by atoms with Gasteiger partial charge in [0.25, 0.3) is 0 Å². The molecular formula is C13H9ClF3N. The van der Waals surface area contributed by atoms with Crippen LogP contribution in [0.15, 0.2) is 36.4 Å². The van der Waals surface area contributed by atoms with Gasteiger partial charge in [-0.15, -0.1) is 0 Å². The topological polar surface area (TPSA) is 12.0 Å². The molecular weight excluding hydrogens is 263 g/mol. The minimum Gasteiger partial charge on any atom is -0.378 e. The molecule has 2 rings (SSSR count). The minimum atomic E-state index is -0.725. The number of nitrogens with one attached hydrogen (secondary N) is 1. The molecule has 1 N–H and O–H groups in total. The van der Waals surface area contributed by atoms with Crippen molar-refractivity contribution in [1.82, 2.24) is 0 Å². The molecule has 0 radical (unpaired) electrons. The van der Waals surface area contributed by atoms with Crippen LogP contribution in [-0.4, -0.2) is 0 Å². The molecule has 0 heterocycles. The Kier molecular flexibility index (Phi) is 3.77. The zero-order valence-corrected chi connectivity index (χ0v) is 9.94. The van der Waals surface area contributed by atoms with Gasteiger partial charge in [0, 0.05) is 18.2 Å². The lowest BCUT2D eigenvalue weighted by Gasteiger charge is -2.09. The van der Waals surface area contributed by atoms with Crippen molar-refractivity contribution in [2.24, 2.45) is 0 Å². The summed E-state index contributed by atoms with van der Waals surface area (Å²) in [5.41, 5.74) is 0.419. The maximum absolute atomic E-state index is 13.5. The molecule has 0 saturated heterocycles. The van der Waals surface area contributed by atoms with Crippen LogP contribution >= 0.6 is 11.6 Å². The van der Waals surface area contributed by atoms with Gasteiger partial charge in [0.15, 0.2) is 0 Å². The normalized spacial score (nSPS) is 10.4. The molecule has 0 atom stereocenters. The van der Waals surface area contributed by atoms with Crippen molar-refractivity contribution in [3.63, 3.8) is 0 Å². The highest BCUT2D eigenvalue weighted by molar-refractivity contribution is 6.30. The minimum absolute atomic E-state index is 0.00822. The van der Waals surface area contributed by atoms with Crippen LogP contribution in [0.25, 0.3) is 0 Å². The van der Waals surface area contributed by atoms with Crippen molar-refractivity contribution >= 4 is 17.3 Å². The number of hydrogen-bond acceptors (Lipinski definition) is 1. The molecule has 1 nitrogen and oxygen atoms in total. The highest BCUT2D eigenvalue weighted by atomic mass is 35.5. The average Bonchev–Trinajstić information content (AvgIpc) is 2.33. The number of anilines is 1. The molecule has 0 aliphatic heterocycles. The molecule has 0 saturated carbocycles. The summed E-state index contributed by atoms with van der Waals surface area (Å²) in [7, 11) is 0. The van der Waals surface area contributed by atoms with Crippen LogP contribution in [0.5, 0.6) is 0 Å². The smallest absolute Gasteiger partial charge is 0.149 e. The summed E-state index contributed by atoms with van der Waals surface area (Å²) in [6.07, 6.45) is 0. The number of hydrogen-bond donors (Lipinski definition) is 1. The molecule has 18 heavy (non-hydrogen) atoms. The molecule has 2 aromatic carbocycles. The largest absolute Gasteiger partial charge is 0.378 e. The van der Waals surface area contributed by atoms with Gasteiger partial charge >= 0.3 is 0 Å². The lowest BCUT2D eigenvalue weighted by Crippen LogP contribution is -2.03. The summed E-state index contributed by atoms with van der Waals surface area (Å²) in [6, 6.07) is 7.71. The highest BCUT2D eigenvalue weighted by Crippen LogP contribution is 2.20. The van der Waals surface area contributed by atoms with Crippen molar-refractivity contribution in [2.45, 2.75) is 6.54 Å². The number of benzene rings is 2. The van der Waals surface area contributed by atoms with Crippen LogP contribution in [0, 0.1) is 17.5 Å². The van der Waals surface area contributed by atoms with E-state index < -0.39 is 17.5 Å². The third-order valence-corrected chi connectivity index (χ3v) is 2.72. The van der Waals surface area contributed by atoms with E-state index in [0.717, 1.165) is 12.1 Å². The molecule has 0 aliphatic rings. The van der Waals surface area contributed by atoms with Crippen LogP contribution < -0.4 is 5.32 Å². The third kappa shape index (κ3) is 2.76. The zero-order valence-electron chi connectivity index (χ0n) is 9.18. The molecule has 0 aromatic heterocycles. The third-order valence-electron chi connectivity index (χ3n) is 2.43. The van der Waals surface area contributed by atoms with Gasteiger partial charge in [-0.05, 0) is 18.2 Å². The quantitative estimate of drug-likeness (QED) is 0.874. The molecule has 0 unspecified atom stereocenters. The summed E-state index contributed by atoms with van der Waals surface area (Å²) >= 11 is 5.62. The fourth-order valence-electron chi connectivity index (χ4n) is 1.51. The Hall–Kier alpha value is -1.68. The van der Waals surface area contributed by atoms with Crippen LogP contribution in [0.1, 0.15) is 5.56 Å².